The number of pyridine rings is 1. The normalized spacial score (nSPS) is 12.5. The molecule has 3 nitrogen and oxygen atoms in total. The van der Waals surface area contributed by atoms with Crippen LogP contribution in [0.5, 0.6) is 0 Å². The van der Waals surface area contributed by atoms with Gasteiger partial charge in [-0.1, -0.05) is 20.8 Å². The van der Waals surface area contributed by atoms with Crippen molar-refractivity contribution in [2.75, 3.05) is 0 Å². The summed E-state index contributed by atoms with van der Waals surface area (Å²) in [4.78, 5) is 11.7. The van der Waals surface area contributed by atoms with E-state index in [0.29, 0.717) is 5.56 Å². The Balaban J connectivity index is 2.64. The summed E-state index contributed by atoms with van der Waals surface area (Å²) in [7, 11) is 0. The van der Waals surface area contributed by atoms with Gasteiger partial charge in [0.25, 0.3) is 0 Å². The van der Waals surface area contributed by atoms with Crippen LogP contribution in [0.1, 0.15) is 32.3 Å². The smallest absolute Gasteiger partial charge is 0.265 e. The molecule has 6 heteroatoms. The Kier molecular flexibility index (Phi) is 3.50. The molecule has 0 aliphatic carbocycles. The van der Waals surface area contributed by atoms with E-state index in [9.17, 15) is 13.2 Å². The quantitative estimate of drug-likeness (QED) is 0.796. The molecule has 0 N–H and O–H groups in total. The molecule has 0 radical (unpaired) electrons. The van der Waals surface area contributed by atoms with Crippen molar-refractivity contribution < 1.29 is 13.2 Å². The van der Waals surface area contributed by atoms with Gasteiger partial charge in [0.1, 0.15) is 11.5 Å². The van der Waals surface area contributed by atoms with Crippen LogP contribution in [0.25, 0.3) is 11.3 Å². The zero-order valence-corrected chi connectivity index (χ0v) is 11.4. The molecular weight excluding hydrogens is 267 g/mol. The minimum absolute atomic E-state index is 0.166. The van der Waals surface area contributed by atoms with Gasteiger partial charge in [-0.15, -0.1) is 0 Å². The van der Waals surface area contributed by atoms with Gasteiger partial charge in [0, 0.05) is 23.4 Å². The molecule has 0 spiro atoms. The number of halogens is 3. The van der Waals surface area contributed by atoms with E-state index in [-0.39, 0.29) is 11.5 Å². The Hall–Kier alpha value is -1.98. The molecule has 0 amide bonds. The fourth-order valence-electron chi connectivity index (χ4n) is 1.60. The highest BCUT2D eigenvalue weighted by Gasteiger charge is 2.35. The third-order valence-corrected chi connectivity index (χ3v) is 2.66. The maximum absolute atomic E-state index is 12.9. The van der Waals surface area contributed by atoms with Crippen molar-refractivity contribution in [3.63, 3.8) is 0 Å². The van der Waals surface area contributed by atoms with Crippen molar-refractivity contribution >= 4 is 0 Å². The highest BCUT2D eigenvalue weighted by atomic mass is 19.4. The molecule has 106 valence electrons. The summed E-state index contributed by atoms with van der Waals surface area (Å²) in [6.45, 7) is 5.33. The van der Waals surface area contributed by atoms with Crippen molar-refractivity contribution in [1.82, 2.24) is 15.0 Å². The van der Waals surface area contributed by atoms with Gasteiger partial charge >= 0.3 is 6.18 Å². The predicted molar refractivity (Wildman–Crippen MR) is 69.0 cm³/mol. The maximum Gasteiger partial charge on any atom is 0.433 e. The summed E-state index contributed by atoms with van der Waals surface area (Å²) in [5.74, 6) is 0.166. The van der Waals surface area contributed by atoms with Gasteiger partial charge in [-0.05, 0) is 18.2 Å². The summed E-state index contributed by atoms with van der Waals surface area (Å²) in [6, 6.07) is 4.20. The van der Waals surface area contributed by atoms with Gasteiger partial charge in [0.15, 0.2) is 0 Å². The molecule has 0 saturated carbocycles. The lowest BCUT2D eigenvalue weighted by Crippen LogP contribution is -2.20. The molecule has 2 rings (SSSR count). The molecule has 0 fully saturated rings. The second kappa shape index (κ2) is 4.85. The van der Waals surface area contributed by atoms with E-state index in [4.69, 9.17) is 0 Å². The summed E-state index contributed by atoms with van der Waals surface area (Å²) >= 11 is 0. The first-order chi connectivity index (χ1) is 9.18. The van der Waals surface area contributed by atoms with Gasteiger partial charge in [0.05, 0.1) is 5.69 Å². The molecule has 20 heavy (non-hydrogen) atoms. The molecular formula is C14H14F3N3. The standard InChI is InChI=1S/C14H14F3N3/c1-13(2,3)12-19-10(9-4-6-18-7-5-9)8-11(20-12)14(15,16)17/h4-8H,1-3H3. The first-order valence-electron chi connectivity index (χ1n) is 6.05. The van der Waals surface area contributed by atoms with E-state index in [0.717, 1.165) is 6.07 Å². The molecule has 0 atom stereocenters. The van der Waals surface area contributed by atoms with Gasteiger partial charge in [-0.3, -0.25) is 4.98 Å². The molecule has 2 aromatic rings. The van der Waals surface area contributed by atoms with Crippen molar-refractivity contribution in [3.05, 3.63) is 42.1 Å². The van der Waals surface area contributed by atoms with Crippen molar-refractivity contribution in [1.29, 1.82) is 0 Å². The second-order valence-electron chi connectivity index (χ2n) is 5.45. The van der Waals surface area contributed by atoms with E-state index in [2.05, 4.69) is 15.0 Å². The highest BCUT2D eigenvalue weighted by Crippen LogP contribution is 2.32. The van der Waals surface area contributed by atoms with Gasteiger partial charge in [0.2, 0.25) is 0 Å². The summed E-state index contributed by atoms with van der Waals surface area (Å²) in [5, 5.41) is 0. The lowest BCUT2D eigenvalue weighted by Gasteiger charge is -2.19. The molecule has 2 heterocycles. The van der Waals surface area contributed by atoms with Crippen molar-refractivity contribution in [2.24, 2.45) is 0 Å². The second-order valence-corrected chi connectivity index (χ2v) is 5.45. The minimum atomic E-state index is -4.50. The zero-order chi connectivity index (χ0) is 15.0. The summed E-state index contributed by atoms with van der Waals surface area (Å²) < 4.78 is 38.8. The number of alkyl halides is 3. The monoisotopic (exact) mass is 281 g/mol. The van der Waals surface area contributed by atoms with Crippen LogP contribution in [-0.2, 0) is 11.6 Å². The summed E-state index contributed by atoms with van der Waals surface area (Å²) in [5.41, 5.74) is -0.662. The molecule has 0 saturated heterocycles. The SMILES string of the molecule is CC(C)(C)c1nc(-c2ccncc2)cc(C(F)(F)F)n1. The van der Waals surface area contributed by atoms with Gasteiger partial charge in [-0.2, -0.15) is 13.2 Å². The fourth-order valence-corrected chi connectivity index (χ4v) is 1.60. The topological polar surface area (TPSA) is 38.7 Å². The van der Waals surface area contributed by atoms with Crippen LogP contribution in [0, 0.1) is 0 Å². The van der Waals surface area contributed by atoms with E-state index in [1.54, 1.807) is 32.9 Å². The van der Waals surface area contributed by atoms with E-state index in [1.807, 2.05) is 0 Å². The fraction of sp³-hybridized carbons (Fsp3) is 0.357. The Morgan fingerprint density at radius 2 is 1.55 bits per heavy atom. The first kappa shape index (κ1) is 14.4. The average molecular weight is 281 g/mol. The van der Waals surface area contributed by atoms with Crippen LogP contribution in [0.4, 0.5) is 13.2 Å². The molecule has 0 aliphatic heterocycles. The third-order valence-electron chi connectivity index (χ3n) is 2.66. The molecule has 2 aromatic heterocycles. The van der Waals surface area contributed by atoms with Crippen LogP contribution < -0.4 is 0 Å². The van der Waals surface area contributed by atoms with Crippen LogP contribution in [0.3, 0.4) is 0 Å². The minimum Gasteiger partial charge on any atom is -0.265 e. The number of hydrogen-bond acceptors (Lipinski definition) is 3. The van der Waals surface area contributed by atoms with Crippen LogP contribution >= 0.6 is 0 Å². The molecule has 0 unspecified atom stereocenters. The van der Waals surface area contributed by atoms with Gasteiger partial charge < -0.3 is 0 Å². The molecule has 0 aliphatic rings. The zero-order valence-electron chi connectivity index (χ0n) is 11.4. The van der Waals surface area contributed by atoms with E-state index in [1.165, 1.54) is 12.4 Å². The number of aromatic nitrogens is 3. The average Bonchev–Trinajstić information content (AvgIpc) is 2.37. The third kappa shape index (κ3) is 3.12. The summed E-state index contributed by atoms with van der Waals surface area (Å²) in [6.07, 6.45) is -1.46. The molecule has 0 aromatic carbocycles. The maximum atomic E-state index is 12.9. The number of nitrogens with zero attached hydrogens (tertiary/aromatic N) is 3. The van der Waals surface area contributed by atoms with Crippen LogP contribution in [-0.4, -0.2) is 15.0 Å². The van der Waals surface area contributed by atoms with Crippen LogP contribution in [0.15, 0.2) is 30.6 Å². The predicted octanol–water partition coefficient (Wildman–Crippen LogP) is 3.85. The van der Waals surface area contributed by atoms with Crippen molar-refractivity contribution in [3.8, 4) is 11.3 Å². The lowest BCUT2D eigenvalue weighted by molar-refractivity contribution is -0.141. The van der Waals surface area contributed by atoms with Crippen molar-refractivity contribution in [2.45, 2.75) is 32.4 Å². The van der Waals surface area contributed by atoms with Crippen LogP contribution in [0.2, 0.25) is 0 Å². The Morgan fingerprint density at radius 1 is 0.950 bits per heavy atom. The largest absolute Gasteiger partial charge is 0.433 e. The Bertz CT molecular complexity index is 569. The lowest BCUT2D eigenvalue weighted by atomic mass is 9.95. The molecule has 0 bridgehead atoms. The Labute approximate surface area is 114 Å². The number of rotatable bonds is 1. The van der Waals surface area contributed by atoms with E-state index < -0.39 is 17.3 Å². The Morgan fingerprint density at radius 3 is 2.05 bits per heavy atom. The van der Waals surface area contributed by atoms with Gasteiger partial charge in [-0.25, -0.2) is 9.97 Å². The van der Waals surface area contributed by atoms with E-state index >= 15 is 0 Å². The first-order valence-corrected chi connectivity index (χ1v) is 6.05. The highest BCUT2D eigenvalue weighted by molar-refractivity contribution is 5.58. The number of hydrogen-bond donors (Lipinski definition) is 0.